The van der Waals surface area contributed by atoms with E-state index in [1.54, 1.807) is 4.90 Å². The maximum atomic E-state index is 12.7. The second-order valence-corrected chi connectivity index (χ2v) is 13.2. The first-order valence-corrected chi connectivity index (χ1v) is 16.6. The van der Waals surface area contributed by atoms with Gasteiger partial charge < -0.3 is 19.4 Å². The third-order valence-corrected chi connectivity index (χ3v) is 10.6. The van der Waals surface area contributed by atoms with Crippen LogP contribution >= 0.6 is 0 Å². The lowest BCUT2D eigenvalue weighted by molar-refractivity contribution is -0.128. The molecular formula is C37H41N7O2. The Morgan fingerprint density at radius 2 is 1.96 bits per heavy atom. The third kappa shape index (κ3) is 5.43. The molecule has 1 unspecified atom stereocenters. The largest absolute Gasteiger partial charge is 0.475 e. The Balaban J connectivity index is 1.24. The molecule has 3 aromatic rings. The van der Waals surface area contributed by atoms with Crippen LogP contribution in [0.3, 0.4) is 0 Å². The zero-order valence-electron chi connectivity index (χ0n) is 26.6. The van der Waals surface area contributed by atoms with Gasteiger partial charge in [0.1, 0.15) is 18.2 Å². The molecule has 9 heteroatoms. The SMILES string of the molecule is C=CC(=O)N1CCN(c2c(C#N)c(OCCN3C[C@@H]4CC[C@H]3C4)nc3c2CCN(c2cccc4cccc(C)c24)C3)CC1CC#N. The smallest absolute Gasteiger partial charge is 0.246 e. The number of likely N-dealkylation sites (tertiary alicyclic amines) is 1. The number of fused-ring (bicyclic) bond motifs is 4. The molecule has 0 N–H and O–H groups in total. The van der Waals surface area contributed by atoms with Crippen molar-refractivity contribution in [1.82, 2.24) is 14.8 Å². The van der Waals surface area contributed by atoms with Crippen molar-refractivity contribution in [3.63, 3.8) is 0 Å². The average Bonchev–Trinajstić information content (AvgIpc) is 3.71. The molecule has 2 saturated heterocycles. The number of rotatable bonds is 8. The first kappa shape index (κ1) is 30.1. The van der Waals surface area contributed by atoms with Crippen LogP contribution in [-0.4, -0.2) is 78.7 Å². The molecule has 3 atom stereocenters. The van der Waals surface area contributed by atoms with Crippen molar-refractivity contribution < 1.29 is 9.53 Å². The fourth-order valence-electron chi connectivity index (χ4n) is 8.37. The van der Waals surface area contributed by atoms with Crippen LogP contribution in [0.1, 0.15) is 48.1 Å². The number of piperidine rings is 1. The van der Waals surface area contributed by atoms with E-state index in [0.717, 1.165) is 48.9 Å². The highest BCUT2D eigenvalue weighted by molar-refractivity contribution is 5.97. The van der Waals surface area contributed by atoms with Crippen molar-refractivity contribution >= 4 is 28.1 Å². The molecular weight excluding hydrogens is 574 g/mol. The van der Waals surface area contributed by atoms with Crippen LogP contribution in [-0.2, 0) is 17.8 Å². The van der Waals surface area contributed by atoms with Crippen LogP contribution in [0.4, 0.5) is 11.4 Å². The first-order valence-electron chi connectivity index (χ1n) is 16.6. The number of carbonyl (C=O) groups is 1. The minimum Gasteiger partial charge on any atom is -0.475 e. The minimum atomic E-state index is -0.298. The molecule has 236 valence electrons. The van der Waals surface area contributed by atoms with E-state index in [0.29, 0.717) is 50.3 Å². The van der Waals surface area contributed by atoms with E-state index in [-0.39, 0.29) is 18.4 Å². The van der Waals surface area contributed by atoms with Gasteiger partial charge in [-0.15, -0.1) is 0 Å². The number of piperazine rings is 1. The van der Waals surface area contributed by atoms with Gasteiger partial charge in [-0.2, -0.15) is 10.5 Å². The molecule has 3 aliphatic heterocycles. The number of amides is 1. The average molecular weight is 616 g/mol. The van der Waals surface area contributed by atoms with Crippen LogP contribution in [0.5, 0.6) is 5.88 Å². The highest BCUT2D eigenvalue weighted by Gasteiger charge is 2.38. The normalized spacial score (nSPS) is 22.4. The van der Waals surface area contributed by atoms with Gasteiger partial charge in [-0.3, -0.25) is 9.69 Å². The highest BCUT2D eigenvalue weighted by Crippen LogP contribution is 2.40. The van der Waals surface area contributed by atoms with E-state index in [2.05, 4.69) is 76.7 Å². The second kappa shape index (κ2) is 12.7. The number of aromatic nitrogens is 1. The maximum absolute atomic E-state index is 12.7. The van der Waals surface area contributed by atoms with Gasteiger partial charge in [-0.25, -0.2) is 4.98 Å². The van der Waals surface area contributed by atoms with E-state index in [4.69, 9.17) is 9.72 Å². The van der Waals surface area contributed by atoms with Crippen LogP contribution < -0.4 is 14.5 Å². The van der Waals surface area contributed by atoms with Gasteiger partial charge in [0.2, 0.25) is 11.8 Å². The maximum Gasteiger partial charge on any atom is 0.246 e. The monoisotopic (exact) mass is 615 g/mol. The molecule has 2 bridgehead atoms. The van der Waals surface area contributed by atoms with Crippen molar-refractivity contribution in [1.29, 1.82) is 10.5 Å². The molecule has 1 aliphatic carbocycles. The lowest BCUT2D eigenvalue weighted by Gasteiger charge is -2.43. The van der Waals surface area contributed by atoms with E-state index >= 15 is 0 Å². The van der Waals surface area contributed by atoms with E-state index < -0.39 is 0 Å². The molecule has 1 amide bonds. The summed E-state index contributed by atoms with van der Waals surface area (Å²) >= 11 is 0. The standard InChI is InChI=1S/C37H41N7O2/c1-3-34(45)44-17-16-43(23-29(44)12-14-38)36-30-13-15-42(33-9-5-8-27-7-4-6-25(2)35(27)33)24-32(30)40-37(31(36)21-39)46-19-18-41-22-26-10-11-28(41)20-26/h3-9,26,28-29H,1,10-13,15-20,22-24H2,2H3/t26-,28+,29?/m1/s1. The zero-order chi connectivity index (χ0) is 31.8. The molecule has 0 spiro atoms. The number of hydrogen-bond acceptors (Lipinski definition) is 8. The fourth-order valence-corrected chi connectivity index (χ4v) is 8.37. The second-order valence-electron chi connectivity index (χ2n) is 13.2. The van der Waals surface area contributed by atoms with E-state index in [9.17, 15) is 15.3 Å². The molecule has 1 saturated carbocycles. The number of pyridine rings is 1. The van der Waals surface area contributed by atoms with E-state index in [1.807, 2.05) is 0 Å². The lowest BCUT2D eigenvalue weighted by atomic mass is 9.95. The molecule has 4 aliphatic rings. The predicted octanol–water partition coefficient (Wildman–Crippen LogP) is 4.96. The highest BCUT2D eigenvalue weighted by atomic mass is 16.5. The van der Waals surface area contributed by atoms with Gasteiger partial charge in [0, 0.05) is 61.9 Å². The van der Waals surface area contributed by atoms with Crippen LogP contribution in [0, 0.1) is 35.5 Å². The van der Waals surface area contributed by atoms with Crippen molar-refractivity contribution in [3.8, 4) is 18.0 Å². The number of nitriles is 2. The Morgan fingerprint density at radius 3 is 2.70 bits per heavy atom. The number of aryl methyl sites for hydroxylation is 1. The Labute approximate surface area is 271 Å². The van der Waals surface area contributed by atoms with Crippen LogP contribution in [0.15, 0.2) is 49.1 Å². The van der Waals surface area contributed by atoms with Crippen molar-refractivity contribution in [2.24, 2.45) is 5.92 Å². The summed E-state index contributed by atoms with van der Waals surface area (Å²) in [5.41, 5.74) is 5.71. The Hall–Kier alpha value is -4.60. The molecule has 3 fully saturated rings. The summed E-state index contributed by atoms with van der Waals surface area (Å²) < 4.78 is 6.43. The van der Waals surface area contributed by atoms with Gasteiger partial charge in [-0.1, -0.05) is 36.9 Å². The number of hydrogen-bond donors (Lipinski definition) is 0. The van der Waals surface area contributed by atoms with Gasteiger partial charge in [0.15, 0.2) is 0 Å². The zero-order valence-corrected chi connectivity index (χ0v) is 26.6. The molecule has 7 rings (SSSR count). The molecule has 1 aromatic heterocycles. The van der Waals surface area contributed by atoms with Gasteiger partial charge in [0.25, 0.3) is 0 Å². The molecule has 0 radical (unpaired) electrons. The lowest BCUT2D eigenvalue weighted by Crippen LogP contribution is -2.55. The predicted molar refractivity (Wildman–Crippen MR) is 179 cm³/mol. The number of nitrogens with zero attached hydrogens (tertiary/aromatic N) is 7. The number of ether oxygens (including phenoxy) is 1. The Morgan fingerprint density at radius 1 is 1.11 bits per heavy atom. The van der Waals surface area contributed by atoms with Crippen molar-refractivity contribution in [3.05, 3.63) is 71.4 Å². The summed E-state index contributed by atoms with van der Waals surface area (Å²) in [4.78, 5) is 26.6. The first-order chi connectivity index (χ1) is 22.5. The quantitative estimate of drug-likeness (QED) is 0.328. The fraction of sp³-hybridized carbons (Fsp3) is 0.459. The number of carbonyl (C=O) groups excluding carboxylic acids is 1. The topological polar surface area (TPSA) is 99.7 Å². The molecule has 4 heterocycles. The summed E-state index contributed by atoms with van der Waals surface area (Å²) in [5, 5.41) is 22.7. The summed E-state index contributed by atoms with van der Waals surface area (Å²) in [6, 6.07) is 18.0. The Kier molecular flexibility index (Phi) is 8.27. The Bertz CT molecular complexity index is 1750. The minimum absolute atomic E-state index is 0.169. The summed E-state index contributed by atoms with van der Waals surface area (Å²) in [6.45, 7) is 11.1. The molecule has 2 aromatic carbocycles. The third-order valence-electron chi connectivity index (χ3n) is 10.6. The summed E-state index contributed by atoms with van der Waals surface area (Å²) in [6.07, 6.45) is 6.14. The van der Waals surface area contributed by atoms with Crippen molar-refractivity contribution in [2.75, 3.05) is 55.7 Å². The van der Waals surface area contributed by atoms with Crippen LogP contribution in [0.2, 0.25) is 0 Å². The molecule has 46 heavy (non-hydrogen) atoms. The number of benzene rings is 2. The molecule has 9 nitrogen and oxygen atoms in total. The van der Waals surface area contributed by atoms with Gasteiger partial charge in [-0.05, 0) is 61.6 Å². The van der Waals surface area contributed by atoms with E-state index in [1.165, 1.54) is 47.4 Å². The van der Waals surface area contributed by atoms with Gasteiger partial charge >= 0.3 is 0 Å². The van der Waals surface area contributed by atoms with Crippen LogP contribution in [0.25, 0.3) is 10.8 Å². The number of anilines is 2. The summed E-state index contributed by atoms with van der Waals surface area (Å²) in [5.74, 6) is 1.03. The summed E-state index contributed by atoms with van der Waals surface area (Å²) in [7, 11) is 0. The van der Waals surface area contributed by atoms with Crippen molar-refractivity contribution in [2.45, 2.75) is 57.7 Å². The van der Waals surface area contributed by atoms with Gasteiger partial charge in [0.05, 0.1) is 36.5 Å².